The van der Waals surface area contributed by atoms with Gasteiger partial charge in [0, 0.05) is 40.1 Å². The molecule has 1 saturated carbocycles. The smallest absolute Gasteiger partial charge is 0.382 e. The number of nitrogens with one attached hydrogen (secondary N) is 2. The van der Waals surface area contributed by atoms with Gasteiger partial charge in [0.15, 0.2) is 20.4 Å². The molecule has 1 aromatic carbocycles. The van der Waals surface area contributed by atoms with Crippen LogP contribution < -0.4 is 10.6 Å². The number of alkyl halides is 3. The fourth-order valence-electron chi connectivity index (χ4n) is 4.51. The summed E-state index contributed by atoms with van der Waals surface area (Å²) in [6.45, 7) is 2.98. The summed E-state index contributed by atoms with van der Waals surface area (Å²) in [5.74, 6) is -0.596. The van der Waals surface area contributed by atoms with E-state index in [1.165, 1.54) is 32.2 Å². The molecular formula is C24H26Cl2F3N5O3S. The second kappa shape index (κ2) is 10.9. The van der Waals surface area contributed by atoms with Crippen molar-refractivity contribution in [2.75, 3.05) is 11.1 Å². The molecule has 2 aromatic heterocycles. The first-order valence-electron chi connectivity index (χ1n) is 12.0. The lowest BCUT2D eigenvalue weighted by molar-refractivity contribution is -0.140. The Morgan fingerprint density at radius 3 is 2.61 bits per heavy atom. The van der Waals surface area contributed by atoms with Crippen molar-refractivity contribution in [2.24, 2.45) is 0 Å². The number of anilines is 1. The van der Waals surface area contributed by atoms with Crippen LogP contribution in [0.3, 0.4) is 0 Å². The van der Waals surface area contributed by atoms with Crippen molar-refractivity contribution >= 4 is 55.5 Å². The van der Waals surface area contributed by atoms with Crippen molar-refractivity contribution in [1.82, 2.24) is 20.1 Å². The highest BCUT2D eigenvalue weighted by atomic mass is 35.5. The van der Waals surface area contributed by atoms with Gasteiger partial charge in [0.2, 0.25) is 0 Å². The predicted octanol–water partition coefficient (Wildman–Crippen LogP) is 5.86. The number of hydrogen-bond donors (Lipinski definition) is 2. The maximum absolute atomic E-state index is 13.5. The normalized spacial score (nSPS) is 19.3. The molecule has 1 aliphatic rings. The van der Waals surface area contributed by atoms with Gasteiger partial charge in [0.05, 0.1) is 11.1 Å². The fraction of sp³-hybridized carbons (Fsp3) is 0.458. The lowest BCUT2D eigenvalue weighted by atomic mass is 9.90. The molecule has 1 fully saturated rings. The Labute approximate surface area is 227 Å². The van der Waals surface area contributed by atoms with Gasteiger partial charge in [-0.15, -0.1) is 0 Å². The Hall–Kier alpha value is -2.57. The zero-order valence-electron chi connectivity index (χ0n) is 20.5. The molecule has 3 aromatic rings. The highest BCUT2D eigenvalue weighted by Gasteiger charge is 2.34. The van der Waals surface area contributed by atoms with Crippen molar-refractivity contribution < 1.29 is 26.4 Å². The lowest BCUT2D eigenvalue weighted by Gasteiger charge is -2.31. The second-order valence-corrected chi connectivity index (χ2v) is 12.6. The Bertz CT molecular complexity index is 1460. The van der Waals surface area contributed by atoms with E-state index in [1.807, 2.05) is 0 Å². The van der Waals surface area contributed by atoms with Crippen LogP contribution in [-0.2, 0) is 16.0 Å². The lowest BCUT2D eigenvalue weighted by Crippen LogP contribution is -2.41. The molecule has 0 radical (unpaired) electrons. The van der Waals surface area contributed by atoms with E-state index in [4.69, 9.17) is 23.2 Å². The number of benzene rings is 1. The van der Waals surface area contributed by atoms with Crippen molar-refractivity contribution in [3.8, 4) is 0 Å². The van der Waals surface area contributed by atoms with Crippen molar-refractivity contribution in [3.05, 3.63) is 51.9 Å². The zero-order valence-corrected chi connectivity index (χ0v) is 22.8. The molecule has 14 heteroatoms. The summed E-state index contributed by atoms with van der Waals surface area (Å²) < 4.78 is 65.9. The first-order valence-corrected chi connectivity index (χ1v) is 14.5. The van der Waals surface area contributed by atoms with Crippen LogP contribution in [0.4, 0.5) is 18.9 Å². The first-order chi connectivity index (χ1) is 17.8. The predicted molar refractivity (Wildman–Crippen MR) is 140 cm³/mol. The molecule has 3 atom stereocenters. The molecule has 0 saturated heterocycles. The number of carbonyl (C=O) groups excluding carboxylic acids is 1. The SMILES string of the molecule is CCS(=O)(=O)C(C)n1cc(C(=O)N[C@@H]2CCC[C@H](Nc3cc(C(F)(F)F)nc4ccc(Cl)cc34)C2)c(Cl)n1. The van der Waals surface area contributed by atoms with E-state index in [1.54, 1.807) is 6.07 Å². The Balaban J connectivity index is 1.50. The number of nitrogens with zero attached hydrogens (tertiary/aromatic N) is 3. The number of carbonyl (C=O) groups is 1. The van der Waals surface area contributed by atoms with E-state index < -0.39 is 33.0 Å². The number of halogens is 5. The first kappa shape index (κ1) is 28.4. The number of rotatable bonds is 7. The molecular weight excluding hydrogens is 566 g/mol. The minimum atomic E-state index is -4.62. The van der Waals surface area contributed by atoms with Crippen LogP contribution in [-0.4, -0.2) is 46.9 Å². The molecule has 0 bridgehead atoms. The van der Waals surface area contributed by atoms with Crippen LogP contribution in [0.15, 0.2) is 30.5 Å². The number of fused-ring (bicyclic) bond motifs is 1. The molecule has 2 N–H and O–H groups in total. The molecule has 8 nitrogen and oxygen atoms in total. The molecule has 0 aliphatic heterocycles. The average molecular weight is 592 g/mol. The standard InChI is InChI=1S/C24H26Cl2F3N5O3S/c1-3-38(36,37)13(2)34-12-18(22(26)33-34)23(35)31-16-6-4-5-15(10-16)30-20-11-21(24(27,28)29)32-19-8-7-14(25)9-17(19)20/h7-9,11-13,15-16H,3-6,10H2,1-2H3,(H,30,32)(H,31,35)/t13?,15-,16+/m0/s1. The van der Waals surface area contributed by atoms with Crippen LogP contribution in [0.1, 0.15) is 61.0 Å². The number of aromatic nitrogens is 3. The summed E-state index contributed by atoms with van der Waals surface area (Å²) in [5.41, 5.74) is -0.540. The molecule has 4 rings (SSSR count). The Morgan fingerprint density at radius 1 is 1.21 bits per heavy atom. The molecule has 38 heavy (non-hydrogen) atoms. The van der Waals surface area contributed by atoms with Crippen LogP contribution in [0, 0.1) is 0 Å². The summed E-state index contributed by atoms with van der Waals surface area (Å²) in [7, 11) is -3.46. The van der Waals surface area contributed by atoms with E-state index in [-0.39, 0.29) is 39.8 Å². The van der Waals surface area contributed by atoms with Gasteiger partial charge in [-0.3, -0.25) is 9.48 Å². The molecule has 1 amide bonds. The zero-order chi connectivity index (χ0) is 27.8. The Kier molecular flexibility index (Phi) is 8.15. The van der Waals surface area contributed by atoms with Crippen LogP contribution in [0.2, 0.25) is 10.2 Å². The summed E-state index contributed by atoms with van der Waals surface area (Å²) in [4.78, 5) is 16.7. The number of pyridine rings is 1. The number of hydrogen-bond acceptors (Lipinski definition) is 6. The quantitative estimate of drug-likeness (QED) is 0.356. The topological polar surface area (TPSA) is 106 Å². The molecule has 2 heterocycles. The van der Waals surface area contributed by atoms with Gasteiger partial charge < -0.3 is 10.6 Å². The van der Waals surface area contributed by atoms with Crippen LogP contribution in [0.25, 0.3) is 10.9 Å². The van der Waals surface area contributed by atoms with Crippen molar-refractivity contribution in [2.45, 2.75) is 63.2 Å². The van der Waals surface area contributed by atoms with Gasteiger partial charge in [-0.25, -0.2) is 13.4 Å². The van der Waals surface area contributed by atoms with Gasteiger partial charge in [0.1, 0.15) is 5.69 Å². The van der Waals surface area contributed by atoms with Gasteiger partial charge in [-0.1, -0.05) is 30.1 Å². The molecule has 1 aliphatic carbocycles. The monoisotopic (exact) mass is 591 g/mol. The van der Waals surface area contributed by atoms with Gasteiger partial charge >= 0.3 is 6.18 Å². The Morgan fingerprint density at radius 2 is 1.92 bits per heavy atom. The third-order valence-corrected chi connectivity index (χ3v) is 9.23. The minimum absolute atomic E-state index is 0.0458. The third-order valence-electron chi connectivity index (χ3n) is 6.66. The third kappa shape index (κ3) is 6.18. The van der Waals surface area contributed by atoms with Gasteiger partial charge in [-0.2, -0.15) is 18.3 Å². The maximum Gasteiger partial charge on any atom is 0.433 e. The van der Waals surface area contributed by atoms with E-state index in [0.29, 0.717) is 29.7 Å². The highest BCUT2D eigenvalue weighted by Crippen LogP contribution is 2.35. The summed E-state index contributed by atoms with van der Waals surface area (Å²) >= 11 is 12.2. The maximum atomic E-state index is 13.5. The van der Waals surface area contributed by atoms with Crippen LogP contribution in [0.5, 0.6) is 0 Å². The van der Waals surface area contributed by atoms with Crippen molar-refractivity contribution in [1.29, 1.82) is 0 Å². The van der Waals surface area contributed by atoms with Gasteiger partial charge in [-0.05, 0) is 56.9 Å². The van der Waals surface area contributed by atoms with Crippen LogP contribution >= 0.6 is 23.2 Å². The summed E-state index contributed by atoms with van der Waals surface area (Å²) in [6, 6.07) is 4.95. The number of sulfone groups is 1. The fourth-order valence-corrected chi connectivity index (χ4v) is 5.83. The summed E-state index contributed by atoms with van der Waals surface area (Å²) in [6.07, 6.45) is -0.804. The molecule has 0 spiro atoms. The largest absolute Gasteiger partial charge is 0.433 e. The second-order valence-electron chi connectivity index (χ2n) is 9.26. The molecule has 206 valence electrons. The van der Waals surface area contributed by atoms with E-state index in [9.17, 15) is 26.4 Å². The van der Waals surface area contributed by atoms with Crippen molar-refractivity contribution in [3.63, 3.8) is 0 Å². The van der Waals surface area contributed by atoms with E-state index >= 15 is 0 Å². The van der Waals surface area contributed by atoms with Gasteiger partial charge in [0.25, 0.3) is 5.91 Å². The minimum Gasteiger partial charge on any atom is -0.382 e. The highest BCUT2D eigenvalue weighted by molar-refractivity contribution is 7.91. The number of amides is 1. The summed E-state index contributed by atoms with van der Waals surface area (Å²) in [5, 5.41) is 9.82. The molecule has 1 unspecified atom stereocenters. The van der Waals surface area contributed by atoms with E-state index in [2.05, 4.69) is 20.7 Å². The average Bonchev–Trinajstić information content (AvgIpc) is 3.24. The van der Waals surface area contributed by atoms with E-state index in [0.717, 1.165) is 17.2 Å².